The predicted molar refractivity (Wildman–Crippen MR) is 59.3 cm³/mol. The van der Waals surface area contributed by atoms with Crippen LogP contribution in [-0.2, 0) is 10.0 Å². The molecule has 0 bridgehead atoms. The number of aliphatic hydroxyl groups is 2. The molecular weight excluding hydrogens is 249 g/mol. The van der Waals surface area contributed by atoms with E-state index in [1.807, 2.05) is 0 Å². The largest absolute Gasteiger partial charge is 0.396 e. The minimum atomic E-state index is -3.80. The van der Waals surface area contributed by atoms with Crippen molar-refractivity contribution >= 4 is 10.0 Å². The highest BCUT2D eigenvalue weighted by Gasteiger charge is 2.19. The quantitative estimate of drug-likeness (QED) is 0.666. The number of hydrogen-bond acceptors (Lipinski definition) is 4. The van der Waals surface area contributed by atoms with Gasteiger partial charge in [-0.2, -0.15) is 0 Å². The Balaban J connectivity index is 2.84. The number of rotatable bonds is 6. The molecule has 1 aromatic rings. The van der Waals surface area contributed by atoms with Gasteiger partial charge >= 0.3 is 0 Å². The highest BCUT2D eigenvalue weighted by molar-refractivity contribution is 7.89. The van der Waals surface area contributed by atoms with Gasteiger partial charge in [0.05, 0.1) is 11.5 Å². The van der Waals surface area contributed by atoms with Gasteiger partial charge in [0.15, 0.2) is 0 Å². The first-order valence-corrected chi connectivity index (χ1v) is 6.47. The molecule has 96 valence electrons. The Morgan fingerprint density at radius 2 is 1.82 bits per heavy atom. The first-order valence-electron chi connectivity index (χ1n) is 4.99. The standard InChI is InChI=1S/C10H14FNO4S/c11-8-1-3-10(4-2-8)17(15,16)12-9(7-14)5-6-13/h1-4,9,12-14H,5-7H2. The zero-order chi connectivity index (χ0) is 12.9. The maximum atomic E-state index is 12.6. The molecule has 0 aliphatic heterocycles. The normalized spacial score (nSPS) is 13.6. The Morgan fingerprint density at radius 1 is 1.24 bits per heavy atom. The van der Waals surface area contributed by atoms with E-state index in [0.717, 1.165) is 24.3 Å². The molecule has 0 aliphatic carbocycles. The lowest BCUT2D eigenvalue weighted by Gasteiger charge is -2.15. The molecular formula is C10H14FNO4S. The lowest BCUT2D eigenvalue weighted by atomic mass is 10.2. The second-order valence-corrected chi connectivity index (χ2v) is 5.18. The molecule has 0 aromatic heterocycles. The van der Waals surface area contributed by atoms with Crippen molar-refractivity contribution in [1.82, 2.24) is 4.72 Å². The van der Waals surface area contributed by atoms with Gasteiger partial charge in [0.2, 0.25) is 10.0 Å². The monoisotopic (exact) mass is 263 g/mol. The van der Waals surface area contributed by atoms with Gasteiger partial charge < -0.3 is 10.2 Å². The Hall–Kier alpha value is -1.02. The molecule has 3 N–H and O–H groups in total. The van der Waals surface area contributed by atoms with Gasteiger partial charge in [0.25, 0.3) is 0 Å². The van der Waals surface area contributed by atoms with Crippen LogP contribution in [0, 0.1) is 5.82 Å². The molecule has 1 atom stereocenters. The Labute approximate surface area is 99.0 Å². The second-order valence-electron chi connectivity index (χ2n) is 3.47. The molecule has 1 unspecified atom stereocenters. The number of benzene rings is 1. The third-order valence-corrected chi connectivity index (χ3v) is 3.68. The average molecular weight is 263 g/mol. The van der Waals surface area contributed by atoms with E-state index in [0.29, 0.717) is 0 Å². The summed E-state index contributed by atoms with van der Waals surface area (Å²) in [5, 5.41) is 17.6. The van der Waals surface area contributed by atoms with Crippen LogP contribution in [0.1, 0.15) is 6.42 Å². The third-order valence-electron chi connectivity index (χ3n) is 2.14. The van der Waals surface area contributed by atoms with Crippen molar-refractivity contribution in [3.05, 3.63) is 30.1 Å². The molecule has 0 saturated carbocycles. The van der Waals surface area contributed by atoms with Crippen LogP contribution in [0.15, 0.2) is 29.2 Å². The van der Waals surface area contributed by atoms with Crippen molar-refractivity contribution in [3.8, 4) is 0 Å². The van der Waals surface area contributed by atoms with E-state index < -0.39 is 28.5 Å². The molecule has 0 saturated heterocycles. The van der Waals surface area contributed by atoms with E-state index in [1.54, 1.807) is 0 Å². The molecule has 17 heavy (non-hydrogen) atoms. The fourth-order valence-electron chi connectivity index (χ4n) is 1.24. The van der Waals surface area contributed by atoms with E-state index in [-0.39, 0.29) is 17.9 Å². The minimum absolute atomic E-state index is 0.0877. The van der Waals surface area contributed by atoms with Crippen molar-refractivity contribution in [2.75, 3.05) is 13.2 Å². The molecule has 0 aliphatic rings. The van der Waals surface area contributed by atoms with Gasteiger partial charge in [-0.25, -0.2) is 17.5 Å². The van der Waals surface area contributed by atoms with Gasteiger partial charge in [0.1, 0.15) is 5.82 Å². The van der Waals surface area contributed by atoms with E-state index in [1.165, 1.54) is 0 Å². The molecule has 1 aromatic carbocycles. The van der Waals surface area contributed by atoms with Crippen LogP contribution in [0.25, 0.3) is 0 Å². The van der Waals surface area contributed by atoms with E-state index in [9.17, 15) is 12.8 Å². The van der Waals surface area contributed by atoms with Crippen LogP contribution in [0.4, 0.5) is 4.39 Å². The van der Waals surface area contributed by atoms with Crippen molar-refractivity contribution in [2.24, 2.45) is 0 Å². The van der Waals surface area contributed by atoms with Gasteiger partial charge in [-0.3, -0.25) is 0 Å². The summed E-state index contributed by atoms with van der Waals surface area (Å²) in [5.41, 5.74) is 0. The predicted octanol–water partition coefficient (Wildman–Crippen LogP) is -0.153. The van der Waals surface area contributed by atoms with Crippen molar-refractivity contribution in [3.63, 3.8) is 0 Å². The fraction of sp³-hybridized carbons (Fsp3) is 0.400. The summed E-state index contributed by atoms with van der Waals surface area (Å²) in [6.45, 7) is -0.655. The number of hydrogen-bond donors (Lipinski definition) is 3. The van der Waals surface area contributed by atoms with Crippen molar-refractivity contribution in [2.45, 2.75) is 17.4 Å². The lowest BCUT2D eigenvalue weighted by molar-refractivity contribution is 0.213. The summed E-state index contributed by atoms with van der Waals surface area (Å²) in [5.74, 6) is -0.530. The molecule has 1 rings (SSSR count). The van der Waals surface area contributed by atoms with E-state index in [4.69, 9.17) is 10.2 Å². The van der Waals surface area contributed by atoms with Gasteiger partial charge in [-0.15, -0.1) is 0 Å². The Kier molecular flexibility index (Phi) is 5.01. The van der Waals surface area contributed by atoms with Crippen LogP contribution < -0.4 is 4.72 Å². The summed E-state index contributed by atoms with van der Waals surface area (Å²) in [4.78, 5) is -0.0877. The zero-order valence-corrected chi connectivity index (χ0v) is 9.82. The lowest BCUT2D eigenvalue weighted by Crippen LogP contribution is -2.38. The Bertz CT molecular complexity index is 446. The van der Waals surface area contributed by atoms with E-state index >= 15 is 0 Å². The molecule has 0 radical (unpaired) electrons. The van der Waals surface area contributed by atoms with E-state index in [2.05, 4.69) is 4.72 Å². The smallest absolute Gasteiger partial charge is 0.240 e. The maximum Gasteiger partial charge on any atom is 0.240 e. The zero-order valence-electron chi connectivity index (χ0n) is 9.01. The molecule has 5 nitrogen and oxygen atoms in total. The fourth-order valence-corrected chi connectivity index (χ4v) is 2.51. The number of halogens is 1. The highest BCUT2D eigenvalue weighted by atomic mass is 32.2. The second kappa shape index (κ2) is 6.06. The van der Waals surface area contributed by atoms with Crippen LogP contribution in [0.5, 0.6) is 0 Å². The number of aliphatic hydroxyl groups excluding tert-OH is 2. The topological polar surface area (TPSA) is 86.6 Å². The summed E-state index contributed by atoms with van der Waals surface area (Å²) < 4.78 is 38.4. The van der Waals surface area contributed by atoms with Crippen LogP contribution in [0.2, 0.25) is 0 Å². The summed E-state index contributed by atoms with van der Waals surface area (Å²) in [6.07, 6.45) is 0.108. The molecule has 0 fully saturated rings. The molecule has 0 spiro atoms. The highest BCUT2D eigenvalue weighted by Crippen LogP contribution is 2.10. The molecule has 7 heteroatoms. The summed E-state index contributed by atoms with van der Waals surface area (Å²) in [7, 11) is -3.80. The number of sulfonamides is 1. The van der Waals surface area contributed by atoms with Crippen LogP contribution in [-0.4, -0.2) is 37.9 Å². The van der Waals surface area contributed by atoms with Gasteiger partial charge in [-0.1, -0.05) is 0 Å². The third kappa shape index (κ3) is 4.04. The van der Waals surface area contributed by atoms with Crippen molar-refractivity contribution < 1.29 is 23.0 Å². The summed E-state index contributed by atoms with van der Waals surface area (Å²) in [6, 6.07) is 3.58. The van der Waals surface area contributed by atoms with Crippen molar-refractivity contribution in [1.29, 1.82) is 0 Å². The first kappa shape index (κ1) is 14.0. The minimum Gasteiger partial charge on any atom is -0.396 e. The SMILES string of the molecule is O=S(=O)(NC(CO)CCO)c1ccc(F)cc1. The average Bonchev–Trinajstić information content (AvgIpc) is 2.28. The maximum absolute atomic E-state index is 12.6. The van der Waals surface area contributed by atoms with Gasteiger partial charge in [-0.05, 0) is 30.7 Å². The first-order chi connectivity index (χ1) is 7.99. The van der Waals surface area contributed by atoms with Gasteiger partial charge in [0, 0.05) is 12.6 Å². The summed E-state index contributed by atoms with van der Waals surface area (Å²) >= 11 is 0. The van der Waals surface area contributed by atoms with Crippen LogP contribution >= 0.6 is 0 Å². The molecule has 0 heterocycles. The Morgan fingerprint density at radius 3 is 2.29 bits per heavy atom. The molecule has 0 amide bonds. The number of nitrogens with one attached hydrogen (secondary N) is 1. The van der Waals surface area contributed by atoms with Crippen LogP contribution in [0.3, 0.4) is 0 Å².